The molecule has 2 fully saturated rings. The number of hydrogen-bond acceptors (Lipinski definition) is 7. The van der Waals surface area contributed by atoms with Gasteiger partial charge in [-0.25, -0.2) is 9.34 Å². The van der Waals surface area contributed by atoms with E-state index in [9.17, 15) is 0 Å². The van der Waals surface area contributed by atoms with Crippen LogP contribution in [0.1, 0.15) is 0 Å². The Bertz CT molecular complexity index is 575. The number of morpholine rings is 2. The van der Waals surface area contributed by atoms with Gasteiger partial charge < -0.3 is 9.47 Å². The maximum Gasteiger partial charge on any atom is 0.257 e. The highest BCUT2D eigenvalue weighted by Crippen LogP contribution is 2.86. The molecule has 0 aromatic heterocycles. The molecule has 0 aromatic carbocycles. The SMILES string of the molecule is ClP1(Cl)=N[P@](Cl)(N2CCOCC2)=N[P@@](Cl)(N2CCOCC2)=N1. The standard InChI is InChI=1S/C8H16Cl4N5O2P3/c9-20(10)13-21(11,16-1-5-18-6-2-16)15-22(12,14-20)17-3-7-19-8-4-17/h1-8H2/t21-,22-/m0/s1. The Kier molecular flexibility index (Phi) is 5.99. The fourth-order valence-electron chi connectivity index (χ4n) is 2.31. The Balaban J connectivity index is 2.03. The van der Waals surface area contributed by atoms with Gasteiger partial charge in [0, 0.05) is 26.2 Å². The maximum absolute atomic E-state index is 6.77. The summed E-state index contributed by atoms with van der Waals surface area (Å²) in [6.45, 7) is -0.620. The lowest BCUT2D eigenvalue weighted by Gasteiger charge is -2.38. The number of hydrogen-bond donors (Lipinski definition) is 0. The van der Waals surface area contributed by atoms with Gasteiger partial charge in [-0.15, -0.1) is 0 Å². The van der Waals surface area contributed by atoms with E-state index < -0.39 is 19.3 Å². The summed E-state index contributed by atoms with van der Waals surface area (Å²) in [5, 5.41) is 0. The predicted octanol–water partition coefficient (Wildman–Crippen LogP) is 5.46. The lowest BCUT2D eigenvalue weighted by molar-refractivity contribution is 0.0740. The van der Waals surface area contributed by atoms with Crippen LogP contribution in [0.25, 0.3) is 0 Å². The van der Waals surface area contributed by atoms with Crippen LogP contribution in [0, 0.1) is 0 Å². The van der Waals surface area contributed by atoms with Gasteiger partial charge in [0.1, 0.15) is 0 Å². The first-order valence-electron chi connectivity index (χ1n) is 6.70. The molecular formula is C8H16Cl4N5O2P3. The number of nitrogens with zero attached hydrogens (tertiary/aromatic N) is 5. The molecule has 0 unspecified atom stereocenters. The molecule has 2 saturated heterocycles. The molecule has 128 valence electrons. The molecule has 0 saturated carbocycles. The summed E-state index contributed by atoms with van der Waals surface area (Å²) in [5.74, 6) is -2.94. The molecule has 3 aliphatic rings. The first-order valence-corrected chi connectivity index (χ1v) is 15.3. The Morgan fingerprint density at radius 2 is 1.05 bits per heavy atom. The third-order valence-electron chi connectivity index (χ3n) is 3.37. The highest BCUT2D eigenvalue weighted by atomic mass is 35.9. The molecule has 3 rings (SSSR count). The van der Waals surface area contributed by atoms with E-state index in [-0.39, 0.29) is 0 Å². The minimum absolute atomic E-state index is 0.581. The van der Waals surface area contributed by atoms with Crippen LogP contribution >= 0.6 is 64.3 Å². The highest BCUT2D eigenvalue weighted by Gasteiger charge is 2.41. The van der Waals surface area contributed by atoms with Crippen LogP contribution in [-0.4, -0.2) is 61.9 Å². The lowest BCUT2D eigenvalue weighted by atomic mass is 10.5. The van der Waals surface area contributed by atoms with E-state index in [1.165, 1.54) is 0 Å². The van der Waals surface area contributed by atoms with Crippen molar-refractivity contribution in [2.45, 2.75) is 0 Å². The van der Waals surface area contributed by atoms with Crippen molar-refractivity contribution < 1.29 is 9.47 Å². The van der Waals surface area contributed by atoms with Crippen LogP contribution < -0.4 is 0 Å². The summed E-state index contributed by atoms with van der Waals surface area (Å²) in [6.07, 6.45) is 0. The molecule has 0 bridgehead atoms. The normalized spacial score (nSPS) is 40.4. The quantitative estimate of drug-likeness (QED) is 0.526. The fourth-order valence-corrected chi connectivity index (χ4v) is 19.5. The Hall–Kier alpha value is 1.69. The van der Waals surface area contributed by atoms with Crippen LogP contribution in [0.15, 0.2) is 13.5 Å². The summed E-state index contributed by atoms with van der Waals surface area (Å²) in [5.41, 5.74) is 0. The van der Waals surface area contributed by atoms with Crippen molar-refractivity contribution in [3.63, 3.8) is 0 Å². The van der Waals surface area contributed by atoms with E-state index in [2.05, 4.69) is 9.03 Å². The molecular weight excluding hydrogens is 433 g/mol. The van der Waals surface area contributed by atoms with Crippen LogP contribution in [0.5, 0.6) is 0 Å². The van der Waals surface area contributed by atoms with E-state index in [1.807, 2.05) is 9.34 Å². The van der Waals surface area contributed by atoms with Crippen LogP contribution in [0.4, 0.5) is 0 Å². The first-order chi connectivity index (χ1) is 10.3. The molecule has 0 N–H and O–H groups in total. The minimum atomic E-state index is -2.94. The lowest BCUT2D eigenvalue weighted by Crippen LogP contribution is -2.34. The van der Waals surface area contributed by atoms with Gasteiger partial charge in [0.2, 0.25) is 13.4 Å². The molecule has 0 radical (unpaired) electrons. The zero-order chi connectivity index (χ0) is 15.8. The van der Waals surface area contributed by atoms with Crippen molar-refractivity contribution in [2.24, 2.45) is 13.5 Å². The average molecular weight is 449 g/mol. The van der Waals surface area contributed by atoms with Crippen molar-refractivity contribution >= 4 is 64.3 Å². The third-order valence-corrected chi connectivity index (χ3v) is 17.1. The molecule has 3 aliphatic heterocycles. The van der Waals surface area contributed by atoms with Gasteiger partial charge in [-0.2, -0.15) is 13.5 Å². The second kappa shape index (κ2) is 7.13. The van der Waals surface area contributed by atoms with Crippen molar-refractivity contribution in [1.82, 2.24) is 9.34 Å². The summed E-state index contributed by atoms with van der Waals surface area (Å²) in [7, 11) is 0. The molecule has 3 heterocycles. The number of halogens is 4. The van der Waals surface area contributed by atoms with Gasteiger partial charge in [0.05, 0.1) is 26.4 Å². The van der Waals surface area contributed by atoms with Crippen molar-refractivity contribution in [3.05, 3.63) is 0 Å². The fraction of sp³-hybridized carbons (Fsp3) is 1.00. The molecule has 22 heavy (non-hydrogen) atoms. The van der Waals surface area contributed by atoms with E-state index in [1.54, 1.807) is 0 Å². The maximum atomic E-state index is 6.77. The smallest absolute Gasteiger partial charge is 0.257 e. The van der Waals surface area contributed by atoms with Gasteiger partial charge in [-0.1, -0.05) is 0 Å². The van der Waals surface area contributed by atoms with E-state index in [0.29, 0.717) is 52.6 Å². The van der Waals surface area contributed by atoms with Crippen LogP contribution in [0.3, 0.4) is 0 Å². The second-order valence-corrected chi connectivity index (χ2v) is 17.1. The van der Waals surface area contributed by atoms with Crippen LogP contribution in [0.2, 0.25) is 0 Å². The largest absolute Gasteiger partial charge is 0.379 e. The summed E-state index contributed by atoms with van der Waals surface area (Å²) in [6, 6.07) is 0. The molecule has 0 amide bonds. The molecule has 0 aliphatic carbocycles. The third kappa shape index (κ3) is 4.08. The molecule has 0 aromatic rings. The zero-order valence-electron chi connectivity index (χ0n) is 11.6. The molecule has 7 nitrogen and oxygen atoms in total. The van der Waals surface area contributed by atoms with Crippen molar-refractivity contribution in [2.75, 3.05) is 52.6 Å². The topological polar surface area (TPSA) is 62.0 Å². The Morgan fingerprint density at radius 1 is 0.636 bits per heavy atom. The highest BCUT2D eigenvalue weighted by molar-refractivity contribution is 8.17. The Labute approximate surface area is 149 Å². The summed E-state index contributed by atoms with van der Waals surface area (Å²) < 4.78 is 28.2. The van der Waals surface area contributed by atoms with Gasteiger partial charge in [0.15, 0.2) is 0 Å². The average Bonchev–Trinajstić information content (AvgIpc) is 2.47. The molecule has 14 heteroatoms. The summed E-state index contributed by atoms with van der Waals surface area (Å²) >= 11 is 26.2. The molecule has 2 atom stereocenters. The Morgan fingerprint density at radius 3 is 1.50 bits per heavy atom. The van der Waals surface area contributed by atoms with Crippen molar-refractivity contribution in [3.8, 4) is 0 Å². The minimum Gasteiger partial charge on any atom is -0.379 e. The van der Waals surface area contributed by atoms with Crippen molar-refractivity contribution in [1.29, 1.82) is 0 Å². The van der Waals surface area contributed by atoms with Gasteiger partial charge in [-0.3, -0.25) is 0 Å². The molecule has 0 spiro atoms. The van der Waals surface area contributed by atoms with E-state index in [0.717, 1.165) is 0 Å². The first kappa shape index (κ1) is 18.5. The van der Waals surface area contributed by atoms with E-state index in [4.69, 9.17) is 59.0 Å². The van der Waals surface area contributed by atoms with Crippen LogP contribution in [-0.2, 0) is 9.47 Å². The van der Waals surface area contributed by atoms with Gasteiger partial charge in [-0.05, 0) is 45.0 Å². The zero-order valence-corrected chi connectivity index (χ0v) is 17.3. The predicted molar refractivity (Wildman–Crippen MR) is 96.2 cm³/mol. The van der Waals surface area contributed by atoms with Gasteiger partial charge in [0.25, 0.3) is 5.91 Å². The van der Waals surface area contributed by atoms with Gasteiger partial charge >= 0.3 is 0 Å². The second-order valence-electron chi connectivity index (χ2n) is 4.85. The van der Waals surface area contributed by atoms with E-state index >= 15 is 0 Å². The summed E-state index contributed by atoms with van der Waals surface area (Å²) in [4.78, 5) is 0. The monoisotopic (exact) mass is 447 g/mol. The number of rotatable bonds is 2. The number of ether oxygens (including phenoxy) is 2.